The first kappa shape index (κ1) is 22.8. The minimum absolute atomic E-state index is 0.0520. The lowest BCUT2D eigenvalue weighted by atomic mass is 9.84. The van der Waals surface area contributed by atoms with Crippen molar-refractivity contribution in [3.63, 3.8) is 0 Å². The minimum atomic E-state index is -0.240. The summed E-state index contributed by atoms with van der Waals surface area (Å²) < 4.78 is 11.3. The number of benzene rings is 3. The van der Waals surface area contributed by atoms with Gasteiger partial charge in [0.05, 0.1) is 7.11 Å². The van der Waals surface area contributed by atoms with Crippen LogP contribution in [-0.4, -0.2) is 42.6 Å². The number of methoxy groups -OCH3 is 1. The Morgan fingerprint density at radius 2 is 1.50 bits per heavy atom. The molecule has 1 amide bonds. The lowest BCUT2D eigenvalue weighted by Gasteiger charge is -2.38. The standard InChI is InChI=1S/C31H31NO4/c1-19-15-23(35-2)13-14-24(19)30(33)20-16-21-11-12-22(17-20)32(21)31(34)36-18-29-27-9-5-3-7-25(27)26-8-4-6-10-28(26)29/h3-10,13-15,20-22,29H,11-12,16-18H2,1-2H3. The summed E-state index contributed by atoms with van der Waals surface area (Å²) >= 11 is 0. The highest BCUT2D eigenvalue weighted by Gasteiger charge is 2.46. The van der Waals surface area contributed by atoms with Crippen LogP contribution in [0.5, 0.6) is 5.75 Å². The fourth-order valence-corrected chi connectivity index (χ4v) is 6.62. The highest BCUT2D eigenvalue weighted by atomic mass is 16.6. The average molecular weight is 482 g/mol. The van der Waals surface area contributed by atoms with Crippen molar-refractivity contribution in [1.82, 2.24) is 4.90 Å². The van der Waals surface area contributed by atoms with Crippen LogP contribution in [0.25, 0.3) is 11.1 Å². The summed E-state index contributed by atoms with van der Waals surface area (Å²) in [6, 6.07) is 22.5. The fraction of sp³-hybridized carbons (Fsp3) is 0.355. The van der Waals surface area contributed by atoms with Crippen molar-refractivity contribution < 1.29 is 19.1 Å². The number of Topliss-reactive ketones (excluding diaryl/α,β-unsaturated/α-hetero) is 1. The van der Waals surface area contributed by atoms with Crippen LogP contribution in [0.15, 0.2) is 66.7 Å². The quantitative estimate of drug-likeness (QED) is 0.397. The summed E-state index contributed by atoms with van der Waals surface area (Å²) in [4.78, 5) is 28.6. The summed E-state index contributed by atoms with van der Waals surface area (Å²) in [7, 11) is 1.63. The Bertz CT molecular complexity index is 1270. The van der Waals surface area contributed by atoms with Gasteiger partial charge in [0.15, 0.2) is 5.78 Å². The summed E-state index contributed by atoms with van der Waals surface area (Å²) in [5, 5.41) is 0. The lowest BCUT2D eigenvalue weighted by molar-refractivity contribution is 0.0505. The first-order valence-electron chi connectivity index (χ1n) is 12.9. The van der Waals surface area contributed by atoms with Gasteiger partial charge in [0, 0.05) is 29.5 Å². The molecule has 0 aromatic heterocycles. The van der Waals surface area contributed by atoms with E-state index in [1.54, 1.807) is 7.11 Å². The first-order chi connectivity index (χ1) is 17.5. The van der Waals surface area contributed by atoms with Gasteiger partial charge in [0.2, 0.25) is 0 Å². The molecule has 1 aliphatic carbocycles. The molecule has 6 rings (SSSR count). The molecule has 0 N–H and O–H groups in total. The highest BCUT2D eigenvalue weighted by molar-refractivity contribution is 5.99. The third-order valence-corrected chi connectivity index (χ3v) is 8.35. The smallest absolute Gasteiger partial charge is 0.410 e. The number of carbonyl (C=O) groups excluding carboxylic acids is 2. The second-order valence-corrected chi connectivity index (χ2v) is 10.3. The number of amides is 1. The number of fused-ring (bicyclic) bond motifs is 5. The largest absolute Gasteiger partial charge is 0.497 e. The van der Waals surface area contributed by atoms with E-state index in [4.69, 9.17) is 9.47 Å². The van der Waals surface area contributed by atoms with Gasteiger partial charge >= 0.3 is 6.09 Å². The van der Waals surface area contributed by atoms with Crippen LogP contribution >= 0.6 is 0 Å². The van der Waals surface area contributed by atoms with Crippen molar-refractivity contribution in [3.8, 4) is 16.9 Å². The molecule has 2 fully saturated rings. The third kappa shape index (κ3) is 3.78. The molecule has 0 radical (unpaired) electrons. The molecule has 2 aliphatic heterocycles. The Morgan fingerprint density at radius 1 is 0.889 bits per heavy atom. The molecule has 3 aliphatic rings. The molecular formula is C31H31NO4. The SMILES string of the molecule is COc1ccc(C(=O)C2CC3CCC(C2)N3C(=O)OCC2c3ccccc3-c3ccccc32)c(C)c1. The van der Waals surface area contributed by atoms with E-state index in [2.05, 4.69) is 36.4 Å². The van der Waals surface area contributed by atoms with E-state index in [1.807, 2.05) is 42.2 Å². The van der Waals surface area contributed by atoms with Gasteiger partial charge < -0.3 is 14.4 Å². The topological polar surface area (TPSA) is 55.8 Å². The van der Waals surface area contributed by atoms with Crippen LogP contribution in [-0.2, 0) is 4.74 Å². The number of hydrogen-bond acceptors (Lipinski definition) is 4. The average Bonchev–Trinajstić information content (AvgIpc) is 3.37. The lowest BCUT2D eigenvalue weighted by Crippen LogP contribution is -2.48. The first-order valence-corrected chi connectivity index (χ1v) is 12.9. The van der Waals surface area contributed by atoms with Gasteiger partial charge in [-0.3, -0.25) is 4.79 Å². The minimum Gasteiger partial charge on any atom is -0.497 e. The predicted molar refractivity (Wildman–Crippen MR) is 139 cm³/mol. The molecule has 2 heterocycles. The number of aryl methyl sites for hydroxylation is 1. The Hall–Kier alpha value is -3.60. The van der Waals surface area contributed by atoms with E-state index >= 15 is 0 Å². The van der Waals surface area contributed by atoms with Crippen LogP contribution in [0, 0.1) is 12.8 Å². The zero-order valence-electron chi connectivity index (χ0n) is 20.8. The number of carbonyl (C=O) groups is 2. The van der Waals surface area contributed by atoms with Crippen molar-refractivity contribution in [2.45, 2.75) is 50.6 Å². The van der Waals surface area contributed by atoms with E-state index in [0.717, 1.165) is 29.7 Å². The Morgan fingerprint density at radius 3 is 2.08 bits per heavy atom. The second kappa shape index (κ2) is 9.12. The van der Waals surface area contributed by atoms with Crippen molar-refractivity contribution >= 4 is 11.9 Å². The van der Waals surface area contributed by atoms with Crippen LogP contribution < -0.4 is 4.74 Å². The zero-order chi connectivity index (χ0) is 24.8. The van der Waals surface area contributed by atoms with E-state index < -0.39 is 0 Å². The molecule has 2 saturated heterocycles. The summed E-state index contributed by atoms with van der Waals surface area (Å²) in [6.45, 7) is 2.28. The fourth-order valence-electron chi connectivity index (χ4n) is 6.62. The molecule has 5 heteroatoms. The zero-order valence-corrected chi connectivity index (χ0v) is 20.8. The molecule has 2 bridgehead atoms. The van der Waals surface area contributed by atoms with Gasteiger partial charge in [-0.15, -0.1) is 0 Å². The second-order valence-electron chi connectivity index (χ2n) is 10.3. The van der Waals surface area contributed by atoms with Crippen molar-refractivity contribution in [1.29, 1.82) is 0 Å². The van der Waals surface area contributed by atoms with E-state index in [-0.39, 0.29) is 35.8 Å². The molecule has 0 saturated carbocycles. The summed E-state index contributed by atoms with van der Waals surface area (Å²) in [5.74, 6) is 0.928. The number of ether oxygens (including phenoxy) is 2. The maximum absolute atomic E-state index is 13.4. The van der Waals surface area contributed by atoms with Gasteiger partial charge in [-0.2, -0.15) is 0 Å². The molecule has 2 atom stereocenters. The predicted octanol–water partition coefficient (Wildman–Crippen LogP) is 6.38. The summed E-state index contributed by atoms with van der Waals surface area (Å²) in [5.41, 5.74) is 6.58. The van der Waals surface area contributed by atoms with Crippen molar-refractivity contribution in [2.24, 2.45) is 5.92 Å². The molecule has 2 unspecified atom stereocenters. The Balaban J connectivity index is 1.14. The molecular weight excluding hydrogens is 450 g/mol. The third-order valence-electron chi connectivity index (χ3n) is 8.35. The number of ketones is 1. The van der Waals surface area contributed by atoms with E-state index in [9.17, 15) is 9.59 Å². The molecule has 3 aromatic rings. The molecule has 0 spiro atoms. The van der Waals surface area contributed by atoms with Crippen LogP contribution in [0.4, 0.5) is 4.79 Å². The number of nitrogens with zero attached hydrogens (tertiary/aromatic N) is 1. The van der Waals surface area contributed by atoms with Crippen LogP contribution in [0.1, 0.15) is 58.6 Å². The van der Waals surface area contributed by atoms with Gasteiger partial charge in [0.25, 0.3) is 0 Å². The maximum atomic E-state index is 13.4. The molecule has 36 heavy (non-hydrogen) atoms. The highest BCUT2D eigenvalue weighted by Crippen LogP contribution is 2.45. The molecule has 184 valence electrons. The maximum Gasteiger partial charge on any atom is 0.410 e. The van der Waals surface area contributed by atoms with Gasteiger partial charge in [-0.1, -0.05) is 48.5 Å². The molecule has 5 nitrogen and oxygen atoms in total. The Labute approximate surface area is 212 Å². The Kier molecular flexibility index (Phi) is 5.79. The number of hydrogen-bond donors (Lipinski definition) is 0. The number of piperidine rings is 1. The monoisotopic (exact) mass is 481 g/mol. The van der Waals surface area contributed by atoms with Crippen LogP contribution in [0.3, 0.4) is 0 Å². The molecule has 3 aromatic carbocycles. The van der Waals surface area contributed by atoms with Crippen LogP contribution in [0.2, 0.25) is 0 Å². The normalized spacial score (nSPS) is 22.2. The van der Waals surface area contributed by atoms with E-state index in [1.165, 1.54) is 22.3 Å². The van der Waals surface area contributed by atoms with Crippen molar-refractivity contribution in [2.75, 3.05) is 13.7 Å². The van der Waals surface area contributed by atoms with Gasteiger partial charge in [-0.05, 0) is 78.6 Å². The van der Waals surface area contributed by atoms with Gasteiger partial charge in [0.1, 0.15) is 12.4 Å². The van der Waals surface area contributed by atoms with Gasteiger partial charge in [-0.25, -0.2) is 4.79 Å². The summed E-state index contributed by atoms with van der Waals surface area (Å²) in [6.07, 6.45) is 3.02. The number of rotatable bonds is 5. The van der Waals surface area contributed by atoms with Crippen molar-refractivity contribution in [3.05, 3.63) is 89.0 Å². The van der Waals surface area contributed by atoms with E-state index in [0.29, 0.717) is 19.4 Å².